The molecule has 0 atom stereocenters. The molecule has 0 spiro atoms. The van der Waals surface area contributed by atoms with E-state index in [1.807, 2.05) is 18.3 Å². The second-order valence-electron chi connectivity index (χ2n) is 4.39. The second-order valence-corrected chi connectivity index (χ2v) is 5.33. The maximum Gasteiger partial charge on any atom is 0.313 e. The summed E-state index contributed by atoms with van der Waals surface area (Å²) in [5.41, 5.74) is 3.42. The number of aliphatic carboxylic acids is 1. The van der Waals surface area contributed by atoms with Crippen LogP contribution in [0.3, 0.4) is 0 Å². The molecular weight excluding hydrogens is 272 g/mol. The number of hydrogen-bond acceptors (Lipinski definition) is 3. The first-order valence-corrected chi connectivity index (χ1v) is 7.65. The standard InChI is InChI=1S/C15H18N2O2S/c1-3-11-7-5-6-8-13(11)17-12(4-2)9-16-15(17)20-10-14(18)19/h5-9H,3-4,10H2,1-2H3,(H,18,19). The van der Waals surface area contributed by atoms with Gasteiger partial charge >= 0.3 is 5.97 Å². The van der Waals surface area contributed by atoms with Gasteiger partial charge in [0.05, 0.1) is 11.4 Å². The molecule has 20 heavy (non-hydrogen) atoms. The Labute approximate surface area is 122 Å². The van der Waals surface area contributed by atoms with Crippen molar-refractivity contribution in [2.45, 2.75) is 31.8 Å². The molecule has 106 valence electrons. The van der Waals surface area contributed by atoms with Crippen LogP contribution in [0.5, 0.6) is 0 Å². The maximum atomic E-state index is 10.8. The topological polar surface area (TPSA) is 55.1 Å². The van der Waals surface area contributed by atoms with Gasteiger partial charge in [-0.15, -0.1) is 0 Å². The molecule has 2 aromatic rings. The number of aryl methyl sites for hydroxylation is 2. The Balaban J connectivity index is 2.47. The van der Waals surface area contributed by atoms with Crippen LogP contribution in [0, 0.1) is 0 Å². The summed E-state index contributed by atoms with van der Waals surface area (Å²) < 4.78 is 2.08. The lowest BCUT2D eigenvalue weighted by Gasteiger charge is -2.14. The lowest BCUT2D eigenvalue weighted by Crippen LogP contribution is -2.06. The van der Waals surface area contributed by atoms with E-state index in [1.54, 1.807) is 0 Å². The molecule has 0 fully saturated rings. The lowest BCUT2D eigenvalue weighted by molar-refractivity contribution is -0.133. The smallest absolute Gasteiger partial charge is 0.313 e. The molecule has 0 aliphatic heterocycles. The average Bonchev–Trinajstić information content (AvgIpc) is 2.87. The zero-order valence-corrected chi connectivity index (χ0v) is 12.5. The maximum absolute atomic E-state index is 10.8. The summed E-state index contributed by atoms with van der Waals surface area (Å²) in [6.07, 6.45) is 3.62. The Morgan fingerprint density at radius 1 is 1.30 bits per heavy atom. The van der Waals surface area contributed by atoms with E-state index in [1.165, 1.54) is 17.3 Å². The quantitative estimate of drug-likeness (QED) is 0.830. The number of imidazole rings is 1. The molecule has 4 nitrogen and oxygen atoms in total. The van der Waals surface area contributed by atoms with Crippen molar-refractivity contribution in [1.29, 1.82) is 0 Å². The van der Waals surface area contributed by atoms with Crippen LogP contribution in [-0.2, 0) is 17.6 Å². The van der Waals surface area contributed by atoms with Crippen molar-refractivity contribution < 1.29 is 9.90 Å². The Kier molecular flexibility index (Phi) is 4.84. The predicted octanol–water partition coefficient (Wildman–Crippen LogP) is 3.17. The van der Waals surface area contributed by atoms with Gasteiger partial charge in [-0.2, -0.15) is 0 Å². The summed E-state index contributed by atoms with van der Waals surface area (Å²) in [5, 5.41) is 9.58. The molecule has 0 amide bonds. The first kappa shape index (κ1) is 14.7. The molecular formula is C15H18N2O2S. The van der Waals surface area contributed by atoms with Crippen molar-refractivity contribution in [3.05, 3.63) is 41.7 Å². The fraction of sp³-hybridized carbons (Fsp3) is 0.333. The minimum atomic E-state index is -0.827. The van der Waals surface area contributed by atoms with Crippen LogP contribution in [-0.4, -0.2) is 26.4 Å². The fourth-order valence-corrected chi connectivity index (χ4v) is 2.86. The van der Waals surface area contributed by atoms with Crippen molar-refractivity contribution in [1.82, 2.24) is 9.55 Å². The normalized spacial score (nSPS) is 10.7. The van der Waals surface area contributed by atoms with Gasteiger partial charge in [-0.05, 0) is 24.5 Å². The van der Waals surface area contributed by atoms with E-state index in [9.17, 15) is 4.79 Å². The Hall–Kier alpha value is -1.75. The van der Waals surface area contributed by atoms with Gasteiger partial charge in [-0.25, -0.2) is 4.98 Å². The largest absolute Gasteiger partial charge is 0.481 e. The van der Waals surface area contributed by atoms with E-state index in [-0.39, 0.29) is 5.75 Å². The Morgan fingerprint density at radius 3 is 2.70 bits per heavy atom. The zero-order chi connectivity index (χ0) is 14.5. The van der Waals surface area contributed by atoms with Gasteiger partial charge in [-0.3, -0.25) is 9.36 Å². The van der Waals surface area contributed by atoms with Gasteiger partial charge in [0.1, 0.15) is 0 Å². The highest BCUT2D eigenvalue weighted by Gasteiger charge is 2.14. The number of carboxylic acids is 1. The van der Waals surface area contributed by atoms with E-state index in [4.69, 9.17) is 5.11 Å². The van der Waals surface area contributed by atoms with Crippen molar-refractivity contribution in [2.75, 3.05) is 5.75 Å². The average molecular weight is 290 g/mol. The predicted molar refractivity (Wildman–Crippen MR) is 80.7 cm³/mol. The van der Waals surface area contributed by atoms with Crippen molar-refractivity contribution in [3.63, 3.8) is 0 Å². The van der Waals surface area contributed by atoms with Crippen LogP contribution in [0.25, 0.3) is 5.69 Å². The van der Waals surface area contributed by atoms with Crippen LogP contribution in [0.15, 0.2) is 35.6 Å². The molecule has 1 N–H and O–H groups in total. The number of para-hydroxylation sites is 1. The summed E-state index contributed by atoms with van der Waals surface area (Å²) in [6, 6.07) is 8.18. The van der Waals surface area contributed by atoms with Gasteiger partial charge in [0, 0.05) is 11.9 Å². The number of rotatable bonds is 6. The SMILES string of the molecule is CCc1ccccc1-n1c(CC)cnc1SCC(=O)O. The van der Waals surface area contributed by atoms with Gasteiger partial charge in [0.2, 0.25) is 0 Å². The molecule has 1 aromatic heterocycles. The van der Waals surface area contributed by atoms with E-state index in [0.717, 1.165) is 29.4 Å². The van der Waals surface area contributed by atoms with E-state index >= 15 is 0 Å². The summed E-state index contributed by atoms with van der Waals surface area (Å²) >= 11 is 1.26. The van der Waals surface area contributed by atoms with Crippen molar-refractivity contribution in [3.8, 4) is 5.69 Å². The Bertz CT molecular complexity index is 608. The molecule has 5 heteroatoms. The van der Waals surface area contributed by atoms with Crippen LogP contribution in [0.2, 0.25) is 0 Å². The van der Waals surface area contributed by atoms with Crippen LogP contribution >= 0.6 is 11.8 Å². The third-order valence-corrected chi connectivity index (χ3v) is 4.04. The van der Waals surface area contributed by atoms with Gasteiger partial charge in [0.15, 0.2) is 5.16 Å². The molecule has 1 aromatic carbocycles. The summed E-state index contributed by atoms with van der Waals surface area (Å²) in [4.78, 5) is 15.1. The third-order valence-electron chi connectivity index (χ3n) is 3.10. The minimum Gasteiger partial charge on any atom is -0.481 e. The molecule has 0 saturated heterocycles. The van der Waals surface area contributed by atoms with E-state index in [2.05, 4.69) is 35.5 Å². The molecule has 1 heterocycles. The molecule has 0 bridgehead atoms. The van der Waals surface area contributed by atoms with Crippen molar-refractivity contribution >= 4 is 17.7 Å². The van der Waals surface area contributed by atoms with Crippen molar-refractivity contribution in [2.24, 2.45) is 0 Å². The minimum absolute atomic E-state index is 0.0223. The number of carboxylic acid groups (broad SMARTS) is 1. The molecule has 0 aliphatic rings. The first-order chi connectivity index (χ1) is 9.67. The van der Waals surface area contributed by atoms with Gasteiger partial charge in [-0.1, -0.05) is 43.8 Å². The summed E-state index contributed by atoms with van der Waals surface area (Å²) in [6.45, 7) is 4.19. The lowest BCUT2D eigenvalue weighted by atomic mass is 10.1. The second kappa shape index (κ2) is 6.61. The number of thioether (sulfide) groups is 1. The summed E-state index contributed by atoms with van der Waals surface area (Å²) in [7, 11) is 0. The third kappa shape index (κ3) is 3.04. The highest BCUT2D eigenvalue weighted by molar-refractivity contribution is 7.99. The van der Waals surface area contributed by atoms with Gasteiger partial charge < -0.3 is 5.11 Å². The highest BCUT2D eigenvalue weighted by Crippen LogP contribution is 2.26. The monoisotopic (exact) mass is 290 g/mol. The number of hydrogen-bond donors (Lipinski definition) is 1. The fourth-order valence-electron chi connectivity index (χ4n) is 2.13. The summed E-state index contributed by atoms with van der Waals surface area (Å²) in [5.74, 6) is -0.805. The van der Waals surface area contributed by atoms with E-state index < -0.39 is 5.97 Å². The van der Waals surface area contributed by atoms with Crippen LogP contribution in [0.4, 0.5) is 0 Å². The highest BCUT2D eigenvalue weighted by atomic mass is 32.2. The molecule has 0 radical (unpaired) electrons. The molecule has 2 rings (SSSR count). The van der Waals surface area contributed by atoms with Crippen LogP contribution < -0.4 is 0 Å². The Morgan fingerprint density at radius 2 is 2.05 bits per heavy atom. The van der Waals surface area contributed by atoms with Gasteiger partial charge in [0.25, 0.3) is 0 Å². The van der Waals surface area contributed by atoms with E-state index in [0.29, 0.717) is 0 Å². The van der Waals surface area contributed by atoms with Crippen LogP contribution in [0.1, 0.15) is 25.1 Å². The number of benzene rings is 1. The molecule has 0 saturated carbocycles. The zero-order valence-electron chi connectivity index (χ0n) is 11.7. The number of nitrogens with zero attached hydrogens (tertiary/aromatic N) is 2. The molecule has 0 unspecified atom stereocenters. The first-order valence-electron chi connectivity index (χ1n) is 6.66. The number of carbonyl (C=O) groups is 1. The number of aromatic nitrogens is 2. The molecule has 0 aliphatic carbocycles.